The molecule has 0 aliphatic rings. The molecule has 0 bridgehead atoms. The number of ether oxygens (including phenoxy) is 3. The van der Waals surface area contributed by atoms with E-state index in [-0.39, 0.29) is 24.7 Å². The zero-order valence-corrected chi connectivity index (χ0v) is 17.4. The van der Waals surface area contributed by atoms with Crippen molar-refractivity contribution in [2.45, 2.75) is 26.7 Å². The fourth-order valence-electron chi connectivity index (χ4n) is 2.53. The summed E-state index contributed by atoms with van der Waals surface area (Å²) in [6.45, 7) is 4.87. The molecule has 0 aromatic heterocycles. The molecular weight excluding hydrogens is 386 g/mol. The van der Waals surface area contributed by atoms with Crippen molar-refractivity contribution in [1.82, 2.24) is 5.43 Å². The van der Waals surface area contributed by atoms with E-state index in [4.69, 9.17) is 14.2 Å². The van der Waals surface area contributed by atoms with Gasteiger partial charge in [0.15, 0.2) is 11.5 Å². The van der Waals surface area contributed by atoms with Crippen molar-refractivity contribution in [1.29, 1.82) is 0 Å². The number of nitrogens with one attached hydrogen (secondary N) is 2. The van der Waals surface area contributed by atoms with E-state index in [1.54, 1.807) is 49.6 Å². The maximum Gasteiger partial charge on any atom is 0.240 e. The lowest BCUT2D eigenvalue weighted by atomic mass is 10.2. The minimum atomic E-state index is -0.355. The predicted octanol–water partition coefficient (Wildman–Crippen LogP) is 3.36. The molecule has 0 saturated heterocycles. The van der Waals surface area contributed by atoms with Crippen LogP contribution in [0.5, 0.6) is 17.2 Å². The first-order valence-corrected chi connectivity index (χ1v) is 9.71. The van der Waals surface area contributed by atoms with Crippen LogP contribution in [0.1, 0.15) is 32.3 Å². The average molecular weight is 413 g/mol. The molecular formula is C22H27N3O5. The summed E-state index contributed by atoms with van der Waals surface area (Å²) in [5.74, 6) is 1.34. The Morgan fingerprint density at radius 1 is 0.933 bits per heavy atom. The molecule has 0 fully saturated rings. The molecule has 0 aliphatic heterocycles. The molecule has 160 valence electrons. The van der Waals surface area contributed by atoms with Gasteiger partial charge in [-0.15, -0.1) is 0 Å². The van der Waals surface area contributed by atoms with E-state index in [1.165, 1.54) is 6.21 Å². The minimum absolute atomic E-state index is 0.0208. The van der Waals surface area contributed by atoms with Gasteiger partial charge >= 0.3 is 0 Å². The van der Waals surface area contributed by atoms with Crippen LogP contribution in [0.25, 0.3) is 0 Å². The molecule has 0 aliphatic carbocycles. The third-order valence-corrected chi connectivity index (χ3v) is 3.92. The first-order chi connectivity index (χ1) is 14.5. The topological polar surface area (TPSA) is 98.2 Å². The van der Waals surface area contributed by atoms with Gasteiger partial charge in [-0.05, 0) is 61.9 Å². The summed E-state index contributed by atoms with van der Waals surface area (Å²) in [6, 6.07) is 12.4. The number of carbonyl (C=O) groups is 2. The molecule has 0 heterocycles. The minimum Gasteiger partial charge on any atom is -0.494 e. The van der Waals surface area contributed by atoms with E-state index in [0.29, 0.717) is 30.4 Å². The highest BCUT2D eigenvalue weighted by molar-refractivity contribution is 5.93. The number of carbonyl (C=O) groups excluding carboxylic acids is 2. The molecule has 0 saturated carbocycles. The van der Waals surface area contributed by atoms with Gasteiger partial charge in [0.2, 0.25) is 11.8 Å². The summed E-state index contributed by atoms with van der Waals surface area (Å²) < 4.78 is 16.1. The lowest BCUT2D eigenvalue weighted by Crippen LogP contribution is -2.20. The summed E-state index contributed by atoms with van der Waals surface area (Å²) in [7, 11) is 1.57. The summed E-state index contributed by atoms with van der Waals surface area (Å²) in [6.07, 6.45) is 1.57. The van der Waals surface area contributed by atoms with Gasteiger partial charge in [0.25, 0.3) is 0 Å². The van der Waals surface area contributed by atoms with Crippen LogP contribution >= 0.6 is 0 Å². The Balaban J connectivity index is 1.77. The molecule has 0 spiro atoms. The van der Waals surface area contributed by atoms with Gasteiger partial charge in [-0.2, -0.15) is 5.10 Å². The Morgan fingerprint density at radius 2 is 1.63 bits per heavy atom. The monoisotopic (exact) mass is 413 g/mol. The largest absolute Gasteiger partial charge is 0.494 e. The van der Waals surface area contributed by atoms with Crippen LogP contribution in [-0.4, -0.2) is 38.4 Å². The molecule has 2 aromatic rings. The second-order valence-corrected chi connectivity index (χ2v) is 6.14. The lowest BCUT2D eigenvalue weighted by molar-refractivity contribution is -0.124. The maximum atomic E-state index is 12.0. The molecule has 0 unspecified atom stereocenters. The van der Waals surface area contributed by atoms with Crippen molar-refractivity contribution in [3.63, 3.8) is 0 Å². The zero-order valence-electron chi connectivity index (χ0n) is 17.4. The van der Waals surface area contributed by atoms with Gasteiger partial charge in [0.1, 0.15) is 5.75 Å². The van der Waals surface area contributed by atoms with Crippen LogP contribution in [-0.2, 0) is 9.59 Å². The summed E-state index contributed by atoms with van der Waals surface area (Å²) in [5.41, 5.74) is 3.80. The average Bonchev–Trinajstić information content (AvgIpc) is 2.74. The second kappa shape index (κ2) is 12.1. The number of anilines is 1. The number of rotatable bonds is 11. The van der Waals surface area contributed by atoms with E-state index in [2.05, 4.69) is 15.8 Å². The van der Waals surface area contributed by atoms with Gasteiger partial charge in [-0.1, -0.05) is 0 Å². The number of hydrogen-bond acceptors (Lipinski definition) is 6. The molecule has 30 heavy (non-hydrogen) atoms. The molecule has 8 heteroatoms. The van der Waals surface area contributed by atoms with Gasteiger partial charge < -0.3 is 19.5 Å². The van der Waals surface area contributed by atoms with E-state index in [0.717, 1.165) is 11.3 Å². The second-order valence-electron chi connectivity index (χ2n) is 6.14. The maximum absolute atomic E-state index is 12.0. The van der Waals surface area contributed by atoms with Crippen LogP contribution in [0.3, 0.4) is 0 Å². The van der Waals surface area contributed by atoms with Crippen molar-refractivity contribution in [3.05, 3.63) is 48.0 Å². The first kappa shape index (κ1) is 22.7. The normalized spacial score (nSPS) is 10.5. The van der Waals surface area contributed by atoms with Crippen molar-refractivity contribution in [3.8, 4) is 17.2 Å². The van der Waals surface area contributed by atoms with Gasteiger partial charge in [-0.25, -0.2) is 5.43 Å². The number of methoxy groups -OCH3 is 1. The Kier molecular flexibility index (Phi) is 9.18. The zero-order chi connectivity index (χ0) is 21.8. The molecule has 2 aromatic carbocycles. The van der Waals surface area contributed by atoms with Crippen LogP contribution in [0.2, 0.25) is 0 Å². The standard InChI is InChI=1S/C22H27N3O5/c1-4-29-18-9-7-17(8-10-18)24-21(26)12-13-22(27)25-23-15-16-6-11-19(28-3)20(14-16)30-5-2/h6-11,14-15H,4-5,12-13H2,1-3H3,(H,24,26)(H,25,27). The van der Waals surface area contributed by atoms with Crippen LogP contribution in [0, 0.1) is 0 Å². The predicted molar refractivity (Wildman–Crippen MR) is 115 cm³/mol. The highest BCUT2D eigenvalue weighted by Gasteiger charge is 2.07. The highest BCUT2D eigenvalue weighted by Crippen LogP contribution is 2.27. The van der Waals surface area contributed by atoms with Crippen LogP contribution in [0.4, 0.5) is 5.69 Å². The van der Waals surface area contributed by atoms with Crippen molar-refractivity contribution >= 4 is 23.7 Å². The van der Waals surface area contributed by atoms with E-state index >= 15 is 0 Å². The lowest BCUT2D eigenvalue weighted by Gasteiger charge is -2.09. The fourth-order valence-corrected chi connectivity index (χ4v) is 2.53. The fraction of sp³-hybridized carbons (Fsp3) is 0.318. The third-order valence-electron chi connectivity index (χ3n) is 3.92. The first-order valence-electron chi connectivity index (χ1n) is 9.71. The summed E-state index contributed by atoms with van der Waals surface area (Å²) >= 11 is 0. The van der Waals surface area contributed by atoms with Crippen molar-refractivity contribution in [2.75, 3.05) is 25.6 Å². The number of amides is 2. The molecule has 2 amide bonds. The SMILES string of the molecule is CCOc1ccc(NC(=O)CCC(=O)NN=Cc2ccc(OC)c(OCC)c2)cc1. The molecule has 0 radical (unpaired) electrons. The van der Waals surface area contributed by atoms with Gasteiger partial charge in [-0.3, -0.25) is 9.59 Å². The molecule has 2 rings (SSSR count). The molecule has 2 N–H and O–H groups in total. The summed E-state index contributed by atoms with van der Waals surface area (Å²) in [5, 5.41) is 6.66. The number of hydrazone groups is 1. The van der Waals surface area contributed by atoms with Crippen molar-refractivity contribution < 1.29 is 23.8 Å². The quantitative estimate of drug-likeness (QED) is 0.435. The number of nitrogens with zero attached hydrogens (tertiary/aromatic N) is 1. The van der Waals surface area contributed by atoms with Crippen LogP contribution in [0.15, 0.2) is 47.6 Å². The smallest absolute Gasteiger partial charge is 0.240 e. The highest BCUT2D eigenvalue weighted by atomic mass is 16.5. The Hall–Kier alpha value is -3.55. The third kappa shape index (κ3) is 7.46. The summed E-state index contributed by atoms with van der Waals surface area (Å²) in [4.78, 5) is 23.9. The molecule has 0 atom stereocenters. The Bertz CT molecular complexity index is 866. The molecule has 8 nitrogen and oxygen atoms in total. The Labute approximate surface area is 176 Å². The van der Waals surface area contributed by atoms with Gasteiger partial charge in [0, 0.05) is 18.5 Å². The van der Waals surface area contributed by atoms with Gasteiger partial charge in [0.05, 0.1) is 26.5 Å². The number of benzene rings is 2. The Morgan fingerprint density at radius 3 is 2.30 bits per heavy atom. The van der Waals surface area contributed by atoms with E-state index in [1.807, 2.05) is 13.8 Å². The number of hydrogen-bond donors (Lipinski definition) is 2. The van der Waals surface area contributed by atoms with Crippen molar-refractivity contribution in [2.24, 2.45) is 5.10 Å². The van der Waals surface area contributed by atoms with E-state index < -0.39 is 0 Å². The van der Waals surface area contributed by atoms with E-state index in [9.17, 15) is 9.59 Å². The van der Waals surface area contributed by atoms with Crippen LogP contribution < -0.4 is 25.0 Å².